The predicted molar refractivity (Wildman–Crippen MR) is 99.5 cm³/mol. The van der Waals surface area contributed by atoms with Gasteiger partial charge in [-0.15, -0.1) is 10.2 Å². The fourth-order valence-electron chi connectivity index (χ4n) is 2.03. The Bertz CT molecular complexity index is 913. The highest BCUT2D eigenvalue weighted by Crippen LogP contribution is 2.23. The van der Waals surface area contributed by atoms with Crippen LogP contribution in [0.4, 0.5) is 10.8 Å². The molecule has 0 aliphatic carbocycles. The Labute approximate surface area is 159 Å². The van der Waals surface area contributed by atoms with Crippen molar-refractivity contribution in [2.24, 2.45) is 0 Å². The molecule has 0 spiro atoms. The predicted octanol–water partition coefficient (Wildman–Crippen LogP) is 0.685. The fraction of sp³-hybridized carbons (Fsp3) is 0.333. The van der Waals surface area contributed by atoms with E-state index in [2.05, 4.69) is 20.8 Å². The summed E-state index contributed by atoms with van der Waals surface area (Å²) in [6.07, 6.45) is 0. The lowest BCUT2D eigenvalue weighted by Gasteiger charge is -2.10. The number of hydrogen-bond acceptors (Lipinski definition) is 9. The second-order valence-corrected chi connectivity index (χ2v) is 8.39. The highest BCUT2D eigenvalue weighted by atomic mass is 32.2. The van der Waals surface area contributed by atoms with E-state index in [1.807, 2.05) is 0 Å². The van der Waals surface area contributed by atoms with Crippen LogP contribution in [0.3, 0.4) is 0 Å². The first-order valence-electron chi connectivity index (χ1n) is 7.57. The third kappa shape index (κ3) is 6.58. The number of anilines is 2. The number of nitrogens with one attached hydrogen (secondary N) is 2. The van der Waals surface area contributed by atoms with Crippen molar-refractivity contribution in [3.63, 3.8) is 0 Å². The molecule has 0 saturated carbocycles. The van der Waals surface area contributed by atoms with Gasteiger partial charge in [0.05, 0.1) is 12.8 Å². The molecule has 10 nitrogen and oxygen atoms in total. The number of para-hydroxylation sites is 2. The van der Waals surface area contributed by atoms with Crippen LogP contribution < -0.4 is 15.4 Å². The van der Waals surface area contributed by atoms with Crippen molar-refractivity contribution >= 4 is 43.8 Å². The summed E-state index contributed by atoms with van der Waals surface area (Å²) in [5.41, 5.74) is 0.337. The number of methoxy groups -OCH3 is 2. The molecule has 0 saturated heterocycles. The Kier molecular flexibility index (Phi) is 7.21. The molecular formula is C15H18N4O6S2. The van der Waals surface area contributed by atoms with E-state index in [-0.39, 0.29) is 11.7 Å². The smallest absolute Gasteiger partial charge is 0.241 e. The van der Waals surface area contributed by atoms with Gasteiger partial charge in [0.1, 0.15) is 28.9 Å². The number of carbonyl (C=O) groups excluding carboxylic acids is 2. The van der Waals surface area contributed by atoms with Gasteiger partial charge in [-0.2, -0.15) is 0 Å². The summed E-state index contributed by atoms with van der Waals surface area (Å²) in [6.45, 7) is 0.231. The summed E-state index contributed by atoms with van der Waals surface area (Å²) >= 11 is 1.06. The maximum absolute atomic E-state index is 12.1. The van der Waals surface area contributed by atoms with E-state index >= 15 is 0 Å². The van der Waals surface area contributed by atoms with E-state index in [0.29, 0.717) is 16.4 Å². The number of sulfone groups is 1. The summed E-state index contributed by atoms with van der Waals surface area (Å²) in [7, 11) is -1.06. The molecule has 1 heterocycles. The van der Waals surface area contributed by atoms with Gasteiger partial charge in [-0.25, -0.2) is 8.42 Å². The summed E-state index contributed by atoms with van der Waals surface area (Å²) < 4.78 is 34.1. The van der Waals surface area contributed by atoms with Crippen molar-refractivity contribution in [1.82, 2.24) is 10.2 Å². The minimum absolute atomic E-state index is 0.153. The third-order valence-corrected chi connectivity index (χ3v) is 5.28. The number of rotatable bonds is 9. The maximum atomic E-state index is 12.1. The number of benzene rings is 1. The van der Waals surface area contributed by atoms with E-state index in [1.165, 1.54) is 14.2 Å². The molecule has 0 fully saturated rings. The van der Waals surface area contributed by atoms with Crippen molar-refractivity contribution in [3.05, 3.63) is 29.3 Å². The lowest BCUT2D eigenvalue weighted by Crippen LogP contribution is -2.30. The van der Waals surface area contributed by atoms with Gasteiger partial charge in [-0.1, -0.05) is 23.5 Å². The van der Waals surface area contributed by atoms with Crippen LogP contribution in [0.25, 0.3) is 0 Å². The van der Waals surface area contributed by atoms with Crippen LogP contribution in [0.1, 0.15) is 5.01 Å². The number of aromatic nitrogens is 2. The molecule has 0 atom stereocenters. The van der Waals surface area contributed by atoms with Crippen molar-refractivity contribution < 1.29 is 27.5 Å². The van der Waals surface area contributed by atoms with E-state index in [1.54, 1.807) is 24.3 Å². The molecule has 12 heteroatoms. The first-order chi connectivity index (χ1) is 12.8. The zero-order chi connectivity index (χ0) is 19.9. The molecule has 1 aromatic carbocycles. The number of amides is 2. The molecule has 1 aromatic heterocycles. The molecule has 0 aliphatic heterocycles. The van der Waals surface area contributed by atoms with Crippen molar-refractivity contribution in [2.45, 2.75) is 6.61 Å². The highest BCUT2D eigenvalue weighted by molar-refractivity contribution is 7.92. The normalized spacial score (nSPS) is 11.0. The summed E-state index contributed by atoms with van der Waals surface area (Å²) in [4.78, 5) is 23.9. The first kappa shape index (κ1) is 20.7. The maximum Gasteiger partial charge on any atom is 0.241 e. The van der Waals surface area contributed by atoms with Crippen LogP contribution in [0, 0.1) is 0 Å². The molecule has 2 rings (SSSR count). The molecule has 27 heavy (non-hydrogen) atoms. The van der Waals surface area contributed by atoms with Gasteiger partial charge in [0, 0.05) is 7.11 Å². The van der Waals surface area contributed by atoms with Gasteiger partial charge in [0.2, 0.25) is 16.9 Å². The molecule has 2 N–H and O–H groups in total. The van der Waals surface area contributed by atoms with E-state index < -0.39 is 33.2 Å². The van der Waals surface area contributed by atoms with Crippen molar-refractivity contribution in [1.29, 1.82) is 0 Å². The second-order valence-electron chi connectivity index (χ2n) is 5.26. The lowest BCUT2D eigenvalue weighted by atomic mass is 10.3. The van der Waals surface area contributed by atoms with Crippen LogP contribution >= 0.6 is 11.3 Å². The lowest BCUT2D eigenvalue weighted by molar-refractivity contribution is -0.114. The van der Waals surface area contributed by atoms with Crippen molar-refractivity contribution in [2.75, 3.05) is 36.4 Å². The van der Waals surface area contributed by atoms with Gasteiger partial charge >= 0.3 is 0 Å². The van der Waals surface area contributed by atoms with E-state index in [4.69, 9.17) is 9.47 Å². The average molecular weight is 414 g/mol. The van der Waals surface area contributed by atoms with Crippen LogP contribution in [-0.2, 0) is 30.8 Å². The zero-order valence-corrected chi connectivity index (χ0v) is 16.2. The third-order valence-electron chi connectivity index (χ3n) is 3.06. The number of ether oxygens (including phenoxy) is 2. The largest absolute Gasteiger partial charge is 0.495 e. The average Bonchev–Trinajstić information content (AvgIpc) is 3.01. The number of hydrogen-bond donors (Lipinski definition) is 2. The topological polar surface area (TPSA) is 137 Å². The minimum atomic E-state index is -3.98. The van der Waals surface area contributed by atoms with Crippen molar-refractivity contribution in [3.8, 4) is 5.75 Å². The Balaban J connectivity index is 1.91. The van der Waals surface area contributed by atoms with Gasteiger partial charge in [0.15, 0.2) is 9.84 Å². The monoisotopic (exact) mass is 414 g/mol. The van der Waals surface area contributed by atoms with Gasteiger partial charge in [0.25, 0.3) is 0 Å². The molecule has 146 valence electrons. The summed E-state index contributed by atoms with van der Waals surface area (Å²) in [5, 5.41) is 13.0. The Hall–Kier alpha value is -2.57. The Morgan fingerprint density at radius 1 is 1.07 bits per heavy atom. The van der Waals surface area contributed by atoms with Crippen LogP contribution in [-0.4, -0.2) is 56.2 Å². The molecule has 0 unspecified atom stereocenters. The summed E-state index contributed by atoms with van der Waals surface area (Å²) in [6, 6.07) is 6.57. The SMILES string of the molecule is COCc1nnc(NC(=O)CS(=O)(=O)CC(=O)Nc2ccccc2OC)s1. The molecule has 2 amide bonds. The van der Waals surface area contributed by atoms with Crippen LogP contribution in [0.15, 0.2) is 24.3 Å². The van der Waals surface area contributed by atoms with Gasteiger partial charge < -0.3 is 14.8 Å². The molecule has 2 aromatic rings. The standard InChI is InChI=1S/C15H18N4O6S2/c1-24-7-14-18-19-15(26-14)17-13(21)9-27(22,23)8-12(20)16-10-5-3-4-6-11(10)25-2/h3-6H,7-9H2,1-2H3,(H,16,20)(H,17,19,21). The van der Waals surface area contributed by atoms with Gasteiger partial charge in [-0.05, 0) is 12.1 Å². The summed E-state index contributed by atoms with van der Waals surface area (Å²) in [5.74, 6) is -2.88. The Morgan fingerprint density at radius 2 is 1.74 bits per heavy atom. The van der Waals surface area contributed by atoms with E-state index in [0.717, 1.165) is 11.3 Å². The first-order valence-corrected chi connectivity index (χ1v) is 10.2. The van der Waals surface area contributed by atoms with Crippen LogP contribution in [0.5, 0.6) is 5.75 Å². The fourth-order valence-corrected chi connectivity index (χ4v) is 3.80. The number of carbonyl (C=O) groups is 2. The van der Waals surface area contributed by atoms with Crippen LogP contribution in [0.2, 0.25) is 0 Å². The molecule has 0 bridgehead atoms. The Morgan fingerprint density at radius 3 is 2.41 bits per heavy atom. The number of nitrogens with zero attached hydrogens (tertiary/aromatic N) is 2. The quantitative estimate of drug-likeness (QED) is 0.611. The minimum Gasteiger partial charge on any atom is -0.495 e. The highest BCUT2D eigenvalue weighted by Gasteiger charge is 2.22. The molecular weight excluding hydrogens is 396 g/mol. The second kappa shape index (κ2) is 9.39. The zero-order valence-electron chi connectivity index (χ0n) is 14.6. The molecule has 0 radical (unpaired) electrons. The van der Waals surface area contributed by atoms with Gasteiger partial charge in [-0.3, -0.25) is 14.9 Å². The van der Waals surface area contributed by atoms with E-state index in [9.17, 15) is 18.0 Å². The molecule has 0 aliphatic rings.